The molecule has 4 rings (SSSR count). The van der Waals surface area contributed by atoms with Crippen molar-refractivity contribution in [3.05, 3.63) is 71.9 Å². The maximum atomic E-state index is 13.6. The molecule has 2 aromatic carbocycles. The number of benzene rings is 2. The van der Waals surface area contributed by atoms with Gasteiger partial charge >= 0.3 is 5.97 Å². The normalized spacial score (nSPS) is 17.9. The molecule has 1 fully saturated rings. The van der Waals surface area contributed by atoms with Crippen molar-refractivity contribution in [2.24, 2.45) is 11.7 Å². The maximum Gasteiger partial charge on any atom is 0.326 e. The number of aliphatic carboxylic acids is 1. The van der Waals surface area contributed by atoms with Crippen LogP contribution in [0.25, 0.3) is 10.9 Å². The third kappa shape index (κ3) is 7.13. The van der Waals surface area contributed by atoms with Crippen LogP contribution in [0, 0.1) is 5.92 Å². The number of likely N-dealkylation sites (tertiary alicyclic amines) is 1. The van der Waals surface area contributed by atoms with Gasteiger partial charge in [-0.3, -0.25) is 14.4 Å². The highest BCUT2D eigenvalue weighted by atomic mass is 16.4. The number of aromatic amines is 1. The van der Waals surface area contributed by atoms with Crippen LogP contribution in [0.1, 0.15) is 44.2 Å². The number of aromatic nitrogens is 1. The number of para-hydroxylation sites is 1. The molecule has 2 heterocycles. The van der Waals surface area contributed by atoms with Gasteiger partial charge in [-0.2, -0.15) is 0 Å². The van der Waals surface area contributed by atoms with Crippen molar-refractivity contribution in [3.8, 4) is 0 Å². The summed E-state index contributed by atoms with van der Waals surface area (Å²) in [6, 6.07) is 12.9. The van der Waals surface area contributed by atoms with Crippen molar-refractivity contribution in [2.45, 2.75) is 70.1 Å². The Morgan fingerprint density at radius 3 is 2.44 bits per heavy atom. The third-order valence-corrected chi connectivity index (χ3v) is 8.01. The van der Waals surface area contributed by atoms with Gasteiger partial charge in [-0.15, -0.1) is 0 Å². The summed E-state index contributed by atoms with van der Waals surface area (Å²) in [5.41, 5.74) is 8.65. The van der Waals surface area contributed by atoms with Gasteiger partial charge in [0.05, 0.1) is 6.04 Å². The molecule has 1 aliphatic rings. The molecule has 1 aromatic heterocycles. The molecule has 1 aliphatic heterocycles. The molecule has 10 heteroatoms. The Balaban J connectivity index is 1.56. The monoisotopic (exact) mass is 561 g/mol. The van der Waals surface area contributed by atoms with Gasteiger partial charge in [-0.05, 0) is 36.0 Å². The van der Waals surface area contributed by atoms with Gasteiger partial charge in [-0.25, -0.2) is 4.79 Å². The van der Waals surface area contributed by atoms with Gasteiger partial charge < -0.3 is 31.4 Å². The van der Waals surface area contributed by atoms with Crippen LogP contribution < -0.4 is 16.4 Å². The second-order valence-electron chi connectivity index (χ2n) is 10.8. The number of carbonyl (C=O) groups is 4. The minimum atomic E-state index is -1.19. The number of H-pyrrole nitrogens is 1. The van der Waals surface area contributed by atoms with Gasteiger partial charge in [0, 0.05) is 36.5 Å². The fourth-order valence-corrected chi connectivity index (χ4v) is 5.31. The molecule has 6 N–H and O–H groups in total. The number of nitrogens with zero attached hydrogens (tertiary/aromatic N) is 1. The number of amides is 3. The Morgan fingerprint density at radius 2 is 1.73 bits per heavy atom. The number of carboxylic acid groups (broad SMARTS) is 1. The standard InChI is InChI=1S/C31H39N5O5/c1-3-19(2)27(32)30(39)36-15-9-14-26(36)29(38)34-24(17-21-18-33-23-13-8-7-12-22(21)23)28(37)35-25(31(40)41)16-20-10-5-4-6-11-20/h4-8,10-13,18-19,24-27,33H,3,9,14-17,32H2,1-2H3,(H,34,38)(H,35,37)(H,40,41). The first-order valence-corrected chi connectivity index (χ1v) is 14.2. The lowest BCUT2D eigenvalue weighted by molar-refractivity contribution is -0.143. The summed E-state index contributed by atoms with van der Waals surface area (Å²) in [5, 5.41) is 16.2. The number of rotatable bonds is 12. The van der Waals surface area contributed by atoms with Crippen molar-refractivity contribution in [1.29, 1.82) is 0 Å². The summed E-state index contributed by atoms with van der Waals surface area (Å²) >= 11 is 0. The molecule has 3 aromatic rings. The second kappa shape index (κ2) is 13.5. The maximum absolute atomic E-state index is 13.6. The van der Waals surface area contributed by atoms with E-state index in [9.17, 15) is 24.3 Å². The van der Waals surface area contributed by atoms with E-state index in [0.717, 1.165) is 28.5 Å². The predicted molar refractivity (Wildman–Crippen MR) is 156 cm³/mol. The molecular formula is C31H39N5O5. The van der Waals surface area contributed by atoms with E-state index < -0.39 is 42.0 Å². The van der Waals surface area contributed by atoms with E-state index in [-0.39, 0.29) is 24.7 Å². The summed E-state index contributed by atoms with van der Waals surface area (Å²) in [6.45, 7) is 4.28. The topological polar surface area (TPSA) is 158 Å². The van der Waals surface area contributed by atoms with E-state index in [2.05, 4.69) is 15.6 Å². The molecule has 0 bridgehead atoms. The highest BCUT2D eigenvalue weighted by Crippen LogP contribution is 2.22. The zero-order valence-electron chi connectivity index (χ0n) is 23.5. The zero-order valence-corrected chi connectivity index (χ0v) is 23.5. The van der Waals surface area contributed by atoms with Crippen LogP contribution in [0.15, 0.2) is 60.8 Å². The molecule has 41 heavy (non-hydrogen) atoms. The molecule has 218 valence electrons. The summed E-state index contributed by atoms with van der Waals surface area (Å²) in [6.07, 6.45) is 3.84. The van der Waals surface area contributed by atoms with Crippen molar-refractivity contribution in [2.75, 3.05) is 6.54 Å². The zero-order chi connectivity index (χ0) is 29.5. The first kappa shape index (κ1) is 29.8. The first-order valence-electron chi connectivity index (χ1n) is 14.2. The molecule has 5 unspecified atom stereocenters. The van der Waals surface area contributed by atoms with Crippen LogP contribution in [-0.4, -0.2) is 69.4 Å². The first-order chi connectivity index (χ1) is 19.7. The minimum absolute atomic E-state index is 0.0372. The van der Waals surface area contributed by atoms with Crippen LogP contribution in [0.5, 0.6) is 0 Å². The lowest BCUT2D eigenvalue weighted by atomic mass is 9.98. The summed E-state index contributed by atoms with van der Waals surface area (Å²) in [7, 11) is 0. The smallest absolute Gasteiger partial charge is 0.326 e. The molecule has 0 saturated carbocycles. The second-order valence-corrected chi connectivity index (χ2v) is 10.8. The largest absolute Gasteiger partial charge is 0.480 e. The van der Waals surface area contributed by atoms with E-state index in [4.69, 9.17) is 5.73 Å². The number of nitrogens with one attached hydrogen (secondary N) is 3. The fourth-order valence-electron chi connectivity index (χ4n) is 5.31. The summed E-state index contributed by atoms with van der Waals surface area (Å²) in [4.78, 5) is 57.1. The van der Waals surface area contributed by atoms with Crippen LogP contribution >= 0.6 is 0 Å². The molecule has 1 saturated heterocycles. The van der Waals surface area contributed by atoms with Gasteiger partial charge in [0.2, 0.25) is 17.7 Å². The number of carboxylic acids is 1. The van der Waals surface area contributed by atoms with Crippen LogP contribution in [0.2, 0.25) is 0 Å². The number of nitrogens with two attached hydrogens (primary N) is 1. The van der Waals surface area contributed by atoms with Crippen molar-refractivity contribution in [1.82, 2.24) is 20.5 Å². The third-order valence-electron chi connectivity index (χ3n) is 8.01. The number of carbonyl (C=O) groups excluding carboxylic acids is 3. The molecule has 0 spiro atoms. The Labute approximate surface area is 239 Å². The lowest BCUT2D eigenvalue weighted by Gasteiger charge is -2.30. The Bertz CT molecular complexity index is 1370. The number of hydrogen-bond donors (Lipinski definition) is 5. The Hall–Kier alpha value is -4.18. The van der Waals surface area contributed by atoms with Crippen molar-refractivity contribution >= 4 is 34.6 Å². The van der Waals surface area contributed by atoms with Gasteiger partial charge in [0.1, 0.15) is 18.1 Å². The summed E-state index contributed by atoms with van der Waals surface area (Å²) < 4.78 is 0. The summed E-state index contributed by atoms with van der Waals surface area (Å²) in [5.74, 6) is -2.56. The van der Waals surface area contributed by atoms with Crippen LogP contribution in [0.4, 0.5) is 0 Å². The SMILES string of the molecule is CCC(C)C(N)C(=O)N1CCCC1C(=O)NC(Cc1c[nH]c2ccccc12)C(=O)NC(Cc1ccccc1)C(=O)O. The Kier molecular flexibility index (Phi) is 9.78. The molecule has 5 atom stereocenters. The molecule has 0 radical (unpaired) electrons. The average Bonchev–Trinajstić information content (AvgIpc) is 3.63. The number of fused-ring (bicyclic) bond motifs is 1. The van der Waals surface area contributed by atoms with Crippen LogP contribution in [-0.2, 0) is 32.0 Å². The highest BCUT2D eigenvalue weighted by molar-refractivity contribution is 5.95. The molecule has 3 amide bonds. The van der Waals surface area contributed by atoms with E-state index >= 15 is 0 Å². The fraction of sp³-hybridized carbons (Fsp3) is 0.419. The van der Waals surface area contributed by atoms with Gasteiger partial charge in [0.15, 0.2) is 0 Å². The Morgan fingerprint density at radius 1 is 1.02 bits per heavy atom. The van der Waals surface area contributed by atoms with Gasteiger partial charge in [0.25, 0.3) is 0 Å². The predicted octanol–water partition coefficient (Wildman–Crippen LogP) is 2.37. The van der Waals surface area contributed by atoms with E-state index in [1.807, 2.05) is 44.2 Å². The molecule has 10 nitrogen and oxygen atoms in total. The lowest BCUT2D eigenvalue weighted by Crippen LogP contribution is -2.57. The van der Waals surface area contributed by atoms with Crippen LogP contribution in [0.3, 0.4) is 0 Å². The van der Waals surface area contributed by atoms with E-state index in [1.54, 1.807) is 30.5 Å². The highest BCUT2D eigenvalue weighted by Gasteiger charge is 2.39. The van der Waals surface area contributed by atoms with E-state index in [1.165, 1.54) is 4.90 Å². The van der Waals surface area contributed by atoms with E-state index in [0.29, 0.717) is 19.4 Å². The van der Waals surface area contributed by atoms with Crippen molar-refractivity contribution < 1.29 is 24.3 Å². The van der Waals surface area contributed by atoms with Gasteiger partial charge in [-0.1, -0.05) is 68.8 Å². The quantitative estimate of drug-likeness (QED) is 0.228. The average molecular weight is 562 g/mol. The van der Waals surface area contributed by atoms with Crippen molar-refractivity contribution in [3.63, 3.8) is 0 Å². The number of hydrogen-bond acceptors (Lipinski definition) is 5. The molecule has 0 aliphatic carbocycles. The minimum Gasteiger partial charge on any atom is -0.480 e. The molecular weight excluding hydrogens is 522 g/mol.